The largest absolute Gasteiger partial charge is 0.573 e. The van der Waals surface area contributed by atoms with E-state index in [1.54, 1.807) is 17.5 Å². The molecule has 9 heteroatoms. The highest BCUT2D eigenvalue weighted by atomic mass is 32.2. The van der Waals surface area contributed by atoms with Crippen molar-refractivity contribution in [3.63, 3.8) is 0 Å². The third-order valence-electron chi connectivity index (χ3n) is 3.41. The Balaban J connectivity index is 1.99. The molecule has 0 atom stereocenters. The monoisotopic (exact) mass is 399 g/mol. The van der Waals surface area contributed by atoms with Crippen molar-refractivity contribution in [2.24, 2.45) is 0 Å². The second-order valence-electron chi connectivity index (χ2n) is 5.11. The van der Waals surface area contributed by atoms with Gasteiger partial charge in [-0.1, -0.05) is 19.1 Å². The molecule has 1 aliphatic heterocycles. The number of rotatable bonds is 5. The summed E-state index contributed by atoms with van der Waals surface area (Å²) in [5.41, 5.74) is 0.307. The number of hydrogen-bond acceptors (Lipinski definition) is 5. The molecule has 0 saturated heterocycles. The summed E-state index contributed by atoms with van der Waals surface area (Å²) in [4.78, 5) is 27.5. The minimum absolute atomic E-state index is 0.0301. The zero-order valence-electron chi connectivity index (χ0n) is 13.4. The fourth-order valence-electron chi connectivity index (χ4n) is 2.48. The summed E-state index contributed by atoms with van der Waals surface area (Å²) < 4.78 is 41.2. The molecule has 4 nitrogen and oxygen atoms in total. The number of carbonyl (C=O) groups is 2. The number of benzene rings is 1. The first kappa shape index (κ1) is 18.5. The van der Waals surface area contributed by atoms with Gasteiger partial charge in [-0.05, 0) is 29.3 Å². The molecule has 136 valence electrons. The number of hydrogen-bond donors (Lipinski definition) is 0. The average molecular weight is 399 g/mol. The van der Waals surface area contributed by atoms with Crippen LogP contribution < -0.4 is 9.64 Å². The van der Waals surface area contributed by atoms with E-state index in [9.17, 15) is 22.8 Å². The van der Waals surface area contributed by atoms with E-state index in [1.165, 1.54) is 35.2 Å². The van der Waals surface area contributed by atoms with E-state index in [0.29, 0.717) is 15.5 Å². The summed E-state index contributed by atoms with van der Waals surface area (Å²) in [6.07, 6.45) is -4.86. The fourth-order valence-corrected chi connectivity index (χ4v) is 4.16. The smallest absolute Gasteiger partial charge is 0.406 e. The number of alkyl halides is 3. The van der Waals surface area contributed by atoms with E-state index in [0.717, 1.165) is 17.0 Å². The SMILES string of the molecule is CCSC1=C(c2cccs2)C(=O)N(c2cccc(OC(F)(F)F)c2)C1=O. The predicted octanol–water partition coefficient (Wildman–Crippen LogP) is 4.68. The molecule has 0 N–H and O–H groups in total. The number of thiophene rings is 1. The molecule has 0 spiro atoms. The second kappa shape index (κ2) is 7.16. The molecule has 0 radical (unpaired) electrons. The Morgan fingerprint density at radius 3 is 2.54 bits per heavy atom. The summed E-state index contributed by atoms with van der Waals surface area (Å²) in [7, 11) is 0. The normalized spacial score (nSPS) is 15.2. The second-order valence-corrected chi connectivity index (χ2v) is 7.33. The highest BCUT2D eigenvalue weighted by Gasteiger charge is 2.40. The van der Waals surface area contributed by atoms with Gasteiger partial charge in [0.1, 0.15) is 5.75 Å². The fraction of sp³-hybridized carbons (Fsp3) is 0.176. The number of imide groups is 1. The Bertz CT molecular complexity index is 876. The standard InChI is InChI=1S/C17H12F3NO3S2/c1-2-25-14-13(12-7-4-8-26-12)15(22)21(16(14)23)10-5-3-6-11(9-10)24-17(18,19)20/h3-9H,2H2,1H3. The van der Waals surface area contributed by atoms with Gasteiger partial charge in [0.05, 0.1) is 16.2 Å². The summed E-state index contributed by atoms with van der Waals surface area (Å²) in [5, 5.41) is 1.79. The molecule has 2 heterocycles. The highest BCUT2D eigenvalue weighted by molar-refractivity contribution is 8.04. The van der Waals surface area contributed by atoms with Crippen molar-refractivity contribution in [3.05, 3.63) is 51.6 Å². The Morgan fingerprint density at radius 2 is 1.92 bits per heavy atom. The summed E-state index contributed by atoms with van der Waals surface area (Å²) in [5.74, 6) is -1.02. The molecular formula is C17H12F3NO3S2. The van der Waals surface area contributed by atoms with Crippen molar-refractivity contribution in [2.45, 2.75) is 13.3 Å². The quantitative estimate of drug-likeness (QED) is 0.685. The van der Waals surface area contributed by atoms with Gasteiger partial charge in [-0.3, -0.25) is 9.59 Å². The minimum Gasteiger partial charge on any atom is -0.406 e. The van der Waals surface area contributed by atoms with Crippen LogP contribution in [0.15, 0.2) is 46.7 Å². The molecule has 0 aliphatic carbocycles. The Labute approximate surface area is 155 Å². The first-order valence-electron chi connectivity index (χ1n) is 7.47. The van der Waals surface area contributed by atoms with Gasteiger partial charge in [-0.15, -0.1) is 36.3 Å². The molecule has 0 saturated carbocycles. The number of nitrogens with zero attached hydrogens (tertiary/aromatic N) is 1. The first-order valence-corrected chi connectivity index (χ1v) is 9.34. The van der Waals surface area contributed by atoms with Gasteiger partial charge in [0.25, 0.3) is 11.8 Å². The van der Waals surface area contributed by atoms with Gasteiger partial charge in [0.2, 0.25) is 0 Å². The van der Waals surface area contributed by atoms with Crippen LogP contribution in [-0.2, 0) is 9.59 Å². The Kier molecular flexibility index (Phi) is 5.10. The highest BCUT2D eigenvalue weighted by Crippen LogP contribution is 2.40. The summed E-state index contributed by atoms with van der Waals surface area (Å²) in [6.45, 7) is 1.85. The molecule has 1 aromatic carbocycles. The number of ether oxygens (including phenoxy) is 1. The van der Waals surface area contributed by atoms with Gasteiger partial charge in [0.15, 0.2) is 0 Å². The van der Waals surface area contributed by atoms with Crippen LogP contribution in [0.1, 0.15) is 11.8 Å². The van der Waals surface area contributed by atoms with E-state index in [-0.39, 0.29) is 11.3 Å². The summed E-state index contributed by atoms with van der Waals surface area (Å²) in [6, 6.07) is 8.32. The third kappa shape index (κ3) is 3.63. The lowest BCUT2D eigenvalue weighted by molar-refractivity contribution is -0.274. The van der Waals surface area contributed by atoms with Gasteiger partial charge in [-0.2, -0.15) is 0 Å². The average Bonchev–Trinajstić information content (AvgIpc) is 3.14. The van der Waals surface area contributed by atoms with Crippen LogP contribution >= 0.6 is 23.1 Å². The molecule has 1 aromatic heterocycles. The van der Waals surface area contributed by atoms with Crippen LogP contribution in [0.25, 0.3) is 5.57 Å². The molecule has 2 aromatic rings. The number of halogens is 3. The zero-order valence-corrected chi connectivity index (χ0v) is 15.0. The lowest BCUT2D eigenvalue weighted by Crippen LogP contribution is -2.31. The van der Waals surface area contributed by atoms with E-state index < -0.39 is 23.9 Å². The van der Waals surface area contributed by atoms with Crippen LogP contribution in [0.5, 0.6) is 5.75 Å². The number of amides is 2. The van der Waals surface area contributed by atoms with E-state index in [2.05, 4.69) is 4.74 Å². The minimum atomic E-state index is -4.86. The van der Waals surface area contributed by atoms with Crippen LogP contribution in [0.3, 0.4) is 0 Å². The van der Waals surface area contributed by atoms with Crippen LogP contribution in [-0.4, -0.2) is 23.9 Å². The van der Waals surface area contributed by atoms with Gasteiger partial charge in [0, 0.05) is 10.9 Å². The summed E-state index contributed by atoms with van der Waals surface area (Å²) >= 11 is 2.55. The molecule has 0 bridgehead atoms. The van der Waals surface area contributed by atoms with Crippen molar-refractivity contribution >= 4 is 46.2 Å². The molecule has 0 fully saturated rings. The molecule has 26 heavy (non-hydrogen) atoms. The maximum atomic E-state index is 12.9. The van der Waals surface area contributed by atoms with E-state index >= 15 is 0 Å². The van der Waals surface area contributed by atoms with Gasteiger partial charge >= 0.3 is 6.36 Å². The topological polar surface area (TPSA) is 46.6 Å². The third-order valence-corrected chi connectivity index (χ3v) is 5.25. The van der Waals surface area contributed by atoms with Crippen molar-refractivity contribution in [1.29, 1.82) is 0 Å². The number of anilines is 1. The lowest BCUT2D eigenvalue weighted by atomic mass is 10.2. The van der Waals surface area contributed by atoms with Crippen LogP contribution in [0, 0.1) is 0 Å². The predicted molar refractivity (Wildman–Crippen MR) is 95.0 cm³/mol. The number of thioether (sulfide) groups is 1. The van der Waals surface area contributed by atoms with Gasteiger partial charge < -0.3 is 4.74 Å². The Hall–Kier alpha value is -2.26. The molecule has 2 amide bonds. The first-order chi connectivity index (χ1) is 12.3. The van der Waals surface area contributed by atoms with Gasteiger partial charge in [-0.25, -0.2) is 4.90 Å². The number of carbonyl (C=O) groups excluding carboxylic acids is 2. The zero-order chi connectivity index (χ0) is 18.9. The maximum absolute atomic E-state index is 12.9. The van der Waals surface area contributed by atoms with Crippen molar-refractivity contribution < 1.29 is 27.5 Å². The van der Waals surface area contributed by atoms with E-state index in [1.807, 2.05) is 6.92 Å². The van der Waals surface area contributed by atoms with Crippen molar-refractivity contribution in [2.75, 3.05) is 10.7 Å². The lowest BCUT2D eigenvalue weighted by Gasteiger charge is -2.16. The molecular weight excluding hydrogens is 387 g/mol. The molecule has 1 aliphatic rings. The van der Waals surface area contributed by atoms with Crippen LogP contribution in [0.2, 0.25) is 0 Å². The van der Waals surface area contributed by atoms with E-state index in [4.69, 9.17) is 0 Å². The van der Waals surface area contributed by atoms with Crippen molar-refractivity contribution in [3.8, 4) is 5.75 Å². The maximum Gasteiger partial charge on any atom is 0.573 e. The molecule has 3 rings (SSSR count). The Morgan fingerprint density at radius 1 is 1.15 bits per heavy atom. The molecule has 0 unspecified atom stereocenters. The van der Waals surface area contributed by atoms with Crippen molar-refractivity contribution in [1.82, 2.24) is 0 Å². The van der Waals surface area contributed by atoms with Crippen LogP contribution in [0.4, 0.5) is 18.9 Å².